The lowest BCUT2D eigenvalue weighted by Gasteiger charge is -2.34. The normalized spacial score (nSPS) is 22.9. The molecule has 0 radical (unpaired) electrons. The third-order valence-electron chi connectivity index (χ3n) is 7.02. The van der Waals surface area contributed by atoms with Crippen molar-refractivity contribution in [2.24, 2.45) is 11.8 Å². The summed E-state index contributed by atoms with van der Waals surface area (Å²) < 4.78 is 6.07. The summed E-state index contributed by atoms with van der Waals surface area (Å²) in [6, 6.07) is 7.57. The molecule has 0 aromatic heterocycles. The van der Waals surface area contributed by atoms with E-state index < -0.39 is 0 Å². The van der Waals surface area contributed by atoms with Crippen molar-refractivity contribution in [2.45, 2.75) is 64.2 Å². The van der Waals surface area contributed by atoms with Gasteiger partial charge in [-0.1, -0.05) is 25.3 Å². The number of carbonyl (C=O) groups is 2. The molecule has 5 heteroatoms. The summed E-state index contributed by atoms with van der Waals surface area (Å²) >= 11 is 0. The quantitative estimate of drug-likeness (QED) is 0.691. The molecule has 0 bridgehead atoms. The summed E-state index contributed by atoms with van der Waals surface area (Å²) in [7, 11) is 0. The topological polar surface area (TPSA) is 49.9 Å². The number of piperidine rings is 1. The van der Waals surface area contributed by atoms with Crippen molar-refractivity contribution in [2.75, 3.05) is 32.8 Å². The summed E-state index contributed by atoms with van der Waals surface area (Å²) in [6.07, 6.45) is 11.4. The number of carbonyl (C=O) groups excluding carboxylic acids is 2. The smallest absolute Gasteiger partial charge is 0.253 e. The van der Waals surface area contributed by atoms with E-state index in [2.05, 4.69) is 4.90 Å². The van der Waals surface area contributed by atoms with Gasteiger partial charge in [0.05, 0.1) is 6.61 Å². The lowest BCUT2D eigenvalue weighted by atomic mass is 9.86. The maximum atomic E-state index is 12.8. The van der Waals surface area contributed by atoms with Crippen LogP contribution in [0.15, 0.2) is 24.3 Å². The number of likely N-dealkylation sites (tertiary alicyclic amines) is 2. The Hall–Kier alpha value is -2.04. The van der Waals surface area contributed by atoms with Crippen molar-refractivity contribution in [3.63, 3.8) is 0 Å². The van der Waals surface area contributed by atoms with Gasteiger partial charge in [-0.05, 0) is 62.6 Å². The summed E-state index contributed by atoms with van der Waals surface area (Å²) in [5.74, 6) is 2.16. The van der Waals surface area contributed by atoms with E-state index in [9.17, 15) is 9.59 Å². The highest BCUT2D eigenvalue weighted by molar-refractivity contribution is 5.94. The minimum atomic E-state index is 0.107. The Labute approximate surface area is 180 Å². The maximum absolute atomic E-state index is 12.8. The van der Waals surface area contributed by atoms with Gasteiger partial charge in [-0.15, -0.1) is 0 Å². The second-order valence-electron chi connectivity index (χ2n) is 9.39. The standard InChI is InChI=1S/C25H36N2O3/c28-24(16-20-8-2-1-3-9-20)27-15-7-10-21(18-27)19-30-23-12-6-11-22(17-23)25(29)26-13-4-5-14-26/h6,11-12,17,20-21H,1-5,7-10,13-16,18-19H2/t21-/m0/s1. The van der Waals surface area contributed by atoms with Gasteiger partial charge < -0.3 is 14.5 Å². The highest BCUT2D eigenvalue weighted by atomic mass is 16.5. The molecule has 164 valence electrons. The van der Waals surface area contributed by atoms with E-state index in [1.165, 1.54) is 32.1 Å². The van der Waals surface area contributed by atoms with E-state index in [-0.39, 0.29) is 5.91 Å². The summed E-state index contributed by atoms with van der Waals surface area (Å²) in [5.41, 5.74) is 0.710. The minimum Gasteiger partial charge on any atom is -0.493 e. The van der Waals surface area contributed by atoms with Gasteiger partial charge in [-0.25, -0.2) is 0 Å². The largest absolute Gasteiger partial charge is 0.493 e. The minimum absolute atomic E-state index is 0.107. The van der Waals surface area contributed by atoms with E-state index >= 15 is 0 Å². The Bertz CT molecular complexity index is 723. The Morgan fingerprint density at radius 2 is 1.60 bits per heavy atom. The lowest BCUT2D eigenvalue weighted by Crippen LogP contribution is -2.42. The van der Waals surface area contributed by atoms with Crippen molar-refractivity contribution in [1.29, 1.82) is 0 Å². The Balaban J connectivity index is 1.26. The van der Waals surface area contributed by atoms with Gasteiger partial charge in [0, 0.05) is 44.1 Å². The highest BCUT2D eigenvalue weighted by Crippen LogP contribution is 2.28. The average Bonchev–Trinajstić information content (AvgIpc) is 3.33. The molecule has 1 aromatic carbocycles. The summed E-state index contributed by atoms with van der Waals surface area (Å²) in [4.78, 5) is 29.4. The third kappa shape index (κ3) is 5.55. The zero-order chi connectivity index (χ0) is 20.8. The van der Waals surface area contributed by atoms with Crippen molar-refractivity contribution in [3.05, 3.63) is 29.8 Å². The van der Waals surface area contributed by atoms with Gasteiger partial charge in [0.15, 0.2) is 0 Å². The van der Waals surface area contributed by atoms with Gasteiger partial charge in [0.25, 0.3) is 5.91 Å². The first kappa shape index (κ1) is 21.2. The number of benzene rings is 1. The van der Waals surface area contributed by atoms with Crippen LogP contribution in [0.1, 0.15) is 74.6 Å². The van der Waals surface area contributed by atoms with Crippen LogP contribution in [0, 0.1) is 11.8 Å². The van der Waals surface area contributed by atoms with Gasteiger partial charge in [0.1, 0.15) is 5.75 Å². The number of amides is 2. The van der Waals surface area contributed by atoms with Crippen molar-refractivity contribution in [1.82, 2.24) is 9.80 Å². The Kier molecular flexibility index (Phi) is 7.29. The van der Waals surface area contributed by atoms with Crippen molar-refractivity contribution < 1.29 is 14.3 Å². The van der Waals surface area contributed by atoms with Crippen LogP contribution >= 0.6 is 0 Å². The van der Waals surface area contributed by atoms with Crippen LogP contribution in [-0.2, 0) is 4.79 Å². The second kappa shape index (κ2) is 10.3. The average molecular weight is 413 g/mol. The van der Waals surface area contributed by atoms with E-state index in [1.807, 2.05) is 29.2 Å². The van der Waals surface area contributed by atoms with Gasteiger partial charge in [-0.3, -0.25) is 9.59 Å². The van der Waals surface area contributed by atoms with Gasteiger partial charge in [0.2, 0.25) is 5.91 Å². The zero-order valence-electron chi connectivity index (χ0n) is 18.2. The van der Waals surface area contributed by atoms with Crippen molar-refractivity contribution >= 4 is 11.8 Å². The molecule has 0 N–H and O–H groups in total. The molecule has 5 nitrogen and oxygen atoms in total. The SMILES string of the molecule is O=C(CC1CCCCC1)N1CCC[C@H](COc2cccc(C(=O)N3CCCC3)c2)C1. The van der Waals surface area contributed by atoms with E-state index in [0.717, 1.165) is 64.0 Å². The molecule has 3 aliphatic rings. The van der Waals surface area contributed by atoms with Crippen molar-refractivity contribution in [3.8, 4) is 5.75 Å². The fraction of sp³-hybridized carbons (Fsp3) is 0.680. The monoisotopic (exact) mass is 412 g/mol. The highest BCUT2D eigenvalue weighted by Gasteiger charge is 2.27. The molecule has 1 aromatic rings. The number of ether oxygens (including phenoxy) is 1. The Morgan fingerprint density at radius 1 is 0.867 bits per heavy atom. The molecule has 2 amide bonds. The molecule has 2 saturated heterocycles. The van der Waals surface area contributed by atoms with Crippen LogP contribution in [0.3, 0.4) is 0 Å². The zero-order valence-corrected chi connectivity index (χ0v) is 18.2. The summed E-state index contributed by atoms with van der Waals surface area (Å²) in [5, 5.41) is 0. The van der Waals surface area contributed by atoms with Gasteiger partial charge >= 0.3 is 0 Å². The molecular weight excluding hydrogens is 376 g/mol. The summed E-state index contributed by atoms with van der Waals surface area (Å²) in [6.45, 7) is 4.02. The molecule has 2 aliphatic heterocycles. The molecule has 1 aliphatic carbocycles. The molecule has 1 saturated carbocycles. The van der Waals surface area contributed by atoms with E-state index in [4.69, 9.17) is 4.74 Å². The number of rotatable bonds is 6. The third-order valence-corrected chi connectivity index (χ3v) is 7.02. The fourth-order valence-corrected chi connectivity index (χ4v) is 5.23. The van der Waals surface area contributed by atoms with Crippen LogP contribution < -0.4 is 4.74 Å². The second-order valence-corrected chi connectivity index (χ2v) is 9.39. The molecule has 1 atom stereocenters. The first-order valence-corrected chi connectivity index (χ1v) is 12.0. The lowest BCUT2D eigenvalue weighted by molar-refractivity contribution is -0.134. The molecule has 4 rings (SSSR count). The number of hydrogen-bond acceptors (Lipinski definition) is 3. The molecule has 0 spiro atoms. The molecule has 3 fully saturated rings. The van der Waals surface area contributed by atoms with Crippen LogP contribution in [0.2, 0.25) is 0 Å². The Morgan fingerprint density at radius 3 is 2.40 bits per heavy atom. The number of hydrogen-bond donors (Lipinski definition) is 0. The van der Waals surface area contributed by atoms with Crippen LogP contribution in [0.5, 0.6) is 5.75 Å². The van der Waals surface area contributed by atoms with Gasteiger partial charge in [-0.2, -0.15) is 0 Å². The first-order valence-electron chi connectivity index (χ1n) is 12.0. The molecule has 30 heavy (non-hydrogen) atoms. The molecule has 0 unspecified atom stereocenters. The fourth-order valence-electron chi connectivity index (χ4n) is 5.23. The van der Waals surface area contributed by atoms with Crippen LogP contribution in [0.4, 0.5) is 0 Å². The molecular formula is C25H36N2O3. The van der Waals surface area contributed by atoms with E-state index in [0.29, 0.717) is 29.9 Å². The first-order chi connectivity index (χ1) is 14.7. The van der Waals surface area contributed by atoms with E-state index in [1.54, 1.807) is 0 Å². The van der Waals surface area contributed by atoms with Crippen LogP contribution in [-0.4, -0.2) is 54.4 Å². The predicted octanol–water partition coefficient (Wildman–Crippen LogP) is 4.51. The number of nitrogens with zero attached hydrogens (tertiary/aromatic N) is 2. The van der Waals surface area contributed by atoms with Crippen LogP contribution in [0.25, 0.3) is 0 Å². The predicted molar refractivity (Wildman–Crippen MR) is 118 cm³/mol. The maximum Gasteiger partial charge on any atom is 0.253 e. The molecule has 2 heterocycles.